The lowest BCUT2D eigenvalue weighted by Gasteiger charge is -2.50. The van der Waals surface area contributed by atoms with Crippen LogP contribution in [0.15, 0.2) is 48.1 Å². The number of hydrogen-bond acceptors (Lipinski definition) is 7. The molecular weight excluding hydrogens is 416 g/mol. The molecule has 168 valence electrons. The van der Waals surface area contributed by atoms with Gasteiger partial charge in [0.25, 0.3) is 0 Å². The zero-order valence-electron chi connectivity index (χ0n) is 19.0. The van der Waals surface area contributed by atoms with E-state index in [9.17, 15) is 15.8 Å². The SMILES string of the molecule is C=C(C)C1CC=C(C2OC3(C)OC(=N)C(C#N)(C3c3ccc(OC)cc3)C2(C#N)C#N)CC1. The molecule has 0 radical (unpaired) electrons. The van der Waals surface area contributed by atoms with E-state index in [-0.39, 0.29) is 0 Å². The molecule has 5 unspecified atom stereocenters. The number of fused-ring (bicyclic) bond motifs is 2. The molecule has 0 amide bonds. The Hall–Kier alpha value is -3.60. The molecular formula is C26H26N4O3. The van der Waals surface area contributed by atoms with Crippen LogP contribution in [0.4, 0.5) is 0 Å². The lowest BCUT2D eigenvalue weighted by Crippen LogP contribution is -2.61. The van der Waals surface area contributed by atoms with Gasteiger partial charge in [0.2, 0.25) is 17.1 Å². The van der Waals surface area contributed by atoms with Crippen LogP contribution in [-0.4, -0.2) is 24.9 Å². The summed E-state index contributed by atoms with van der Waals surface area (Å²) in [7, 11) is 1.55. The summed E-state index contributed by atoms with van der Waals surface area (Å²) in [5, 5.41) is 40.1. The maximum atomic E-state index is 10.5. The van der Waals surface area contributed by atoms with E-state index < -0.39 is 34.5 Å². The van der Waals surface area contributed by atoms with Crippen LogP contribution in [-0.2, 0) is 9.47 Å². The predicted octanol–water partition coefficient (Wildman–Crippen LogP) is 4.75. The largest absolute Gasteiger partial charge is 0.497 e. The van der Waals surface area contributed by atoms with Crippen molar-refractivity contribution in [3.8, 4) is 24.0 Å². The first-order valence-electron chi connectivity index (χ1n) is 10.9. The molecule has 1 aromatic carbocycles. The van der Waals surface area contributed by atoms with Crippen molar-refractivity contribution in [2.45, 2.75) is 50.9 Å². The average molecular weight is 443 g/mol. The van der Waals surface area contributed by atoms with Gasteiger partial charge >= 0.3 is 0 Å². The van der Waals surface area contributed by atoms with Crippen molar-refractivity contribution in [2.24, 2.45) is 16.7 Å². The van der Waals surface area contributed by atoms with Crippen LogP contribution in [0.1, 0.15) is 44.6 Å². The summed E-state index contributed by atoms with van der Waals surface area (Å²) in [4.78, 5) is 0. The fourth-order valence-corrected chi connectivity index (χ4v) is 5.66. The third kappa shape index (κ3) is 2.92. The van der Waals surface area contributed by atoms with Gasteiger partial charge in [-0.3, -0.25) is 5.41 Å². The molecule has 1 aliphatic carbocycles. The van der Waals surface area contributed by atoms with Crippen LogP contribution in [0.5, 0.6) is 5.75 Å². The van der Waals surface area contributed by atoms with Gasteiger partial charge in [-0.25, -0.2) is 0 Å². The molecule has 7 nitrogen and oxygen atoms in total. The number of hydrogen-bond donors (Lipinski definition) is 1. The third-order valence-electron chi connectivity index (χ3n) is 7.45. The minimum Gasteiger partial charge on any atom is -0.497 e. The Labute approximate surface area is 194 Å². The highest BCUT2D eigenvalue weighted by Crippen LogP contribution is 2.67. The molecule has 0 aromatic heterocycles. The Kier molecular flexibility index (Phi) is 5.32. The first-order valence-corrected chi connectivity index (χ1v) is 10.9. The monoisotopic (exact) mass is 442 g/mol. The third-order valence-corrected chi connectivity index (χ3v) is 7.45. The van der Waals surface area contributed by atoms with Crippen molar-refractivity contribution in [2.75, 3.05) is 7.11 Å². The van der Waals surface area contributed by atoms with Gasteiger partial charge in [-0.1, -0.05) is 30.4 Å². The second kappa shape index (κ2) is 7.77. The van der Waals surface area contributed by atoms with E-state index in [1.54, 1.807) is 38.3 Å². The smallest absolute Gasteiger partial charge is 0.218 e. The van der Waals surface area contributed by atoms with Crippen LogP contribution in [0, 0.1) is 56.2 Å². The summed E-state index contributed by atoms with van der Waals surface area (Å²) in [5.41, 5.74) is -1.27. The van der Waals surface area contributed by atoms with E-state index in [1.807, 2.05) is 13.0 Å². The molecule has 0 spiro atoms. The maximum Gasteiger partial charge on any atom is 0.218 e. The zero-order valence-corrected chi connectivity index (χ0v) is 19.0. The van der Waals surface area contributed by atoms with E-state index in [2.05, 4.69) is 24.8 Å². The summed E-state index contributed by atoms with van der Waals surface area (Å²) in [6.45, 7) is 7.73. The van der Waals surface area contributed by atoms with E-state index in [0.717, 1.165) is 24.0 Å². The predicted molar refractivity (Wildman–Crippen MR) is 120 cm³/mol. The molecule has 3 aliphatic rings. The summed E-state index contributed by atoms with van der Waals surface area (Å²) < 4.78 is 17.6. The van der Waals surface area contributed by atoms with Crippen molar-refractivity contribution in [3.05, 3.63) is 53.6 Å². The molecule has 2 saturated heterocycles. The molecule has 0 saturated carbocycles. The van der Waals surface area contributed by atoms with Crippen LogP contribution in [0.3, 0.4) is 0 Å². The number of benzene rings is 1. The Bertz CT molecular complexity index is 1150. The fourth-order valence-electron chi connectivity index (χ4n) is 5.66. The minimum absolute atomic E-state index is 0.328. The lowest BCUT2D eigenvalue weighted by molar-refractivity contribution is -0.241. The molecule has 7 heteroatoms. The molecule has 5 atom stereocenters. The van der Waals surface area contributed by atoms with E-state index in [1.165, 1.54) is 0 Å². The molecule has 1 aromatic rings. The number of allylic oxidation sites excluding steroid dienone is 2. The second-order valence-electron chi connectivity index (χ2n) is 9.20. The highest BCUT2D eigenvalue weighted by atomic mass is 16.7. The Morgan fingerprint density at radius 3 is 2.33 bits per heavy atom. The van der Waals surface area contributed by atoms with Crippen LogP contribution in [0.25, 0.3) is 0 Å². The quantitative estimate of drug-likeness (QED) is 0.671. The first-order chi connectivity index (χ1) is 15.7. The maximum absolute atomic E-state index is 10.5. The summed E-state index contributed by atoms with van der Waals surface area (Å²) in [6.07, 6.45) is 3.19. The van der Waals surface area contributed by atoms with Crippen molar-refractivity contribution in [1.29, 1.82) is 21.2 Å². The van der Waals surface area contributed by atoms with Crippen molar-refractivity contribution >= 4 is 5.90 Å². The summed E-state index contributed by atoms with van der Waals surface area (Å²) in [5.74, 6) is -1.70. The molecule has 2 aliphatic heterocycles. The molecule has 33 heavy (non-hydrogen) atoms. The van der Waals surface area contributed by atoms with Crippen molar-refractivity contribution in [3.63, 3.8) is 0 Å². The molecule has 2 bridgehead atoms. The fraction of sp³-hybridized carbons (Fsp3) is 0.462. The number of nitrogens with one attached hydrogen (secondary N) is 1. The number of nitrogens with zero attached hydrogens (tertiary/aromatic N) is 3. The summed E-state index contributed by atoms with van der Waals surface area (Å²) >= 11 is 0. The highest BCUT2D eigenvalue weighted by molar-refractivity contribution is 5.90. The van der Waals surface area contributed by atoms with Gasteiger partial charge in [0.15, 0.2) is 5.41 Å². The van der Waals surface area contributed by atoms with Gasteiger partial charge in [0.05, 0.1) is 31.2 Å². The van der Waals surface area contributed by atoms with Gasteiger partial charge in [0, 0.05) is 6.92 Å². The van der Waals surface area contributed by atoms with Gasteiger partial charge in [0.1, 0.15) is 11.9 Å². The van der Waals surface area contributed by atoms with E-state index >= 15 is 0 Å². The minimum atomic E-state index is -1.96. The Balaban J connectivity index is 1.90. The van der Waals surface area contributed by atoms with Gasteiger partial charge in [-0.15, -0.1) is 0 Å². The van der Waals surface area contributed by atoms with Crippen LogP contribution in [0.2, 0.25) is 0 Å². The lowest BCUT2D eigenvalue weighted by atomic mass is 9.52. The highest BCUT2D eigenvalue weighted by Gasteiger charge is 2.79. The molecule has 2 fully saturated rings. The second-order valence-corrected chi connectivity index (χ2v) is 9.20. The van der Waals surface area contributed by atoms with Crippen molar-refractivity contribution in [1.82, 2.24) is 0 Å². The number of methoxy groups -OCH3 is 1. The molecule has 1 N–H and O–H groups in total. The van der Waals surface area contributed by atoms with Crippen LogP contribution < -0.4 is 4.74 Å². The zero-order chi connectivity index (χ0) is 24.0. The number of rotatable bonds is 4. The van der Waals surface area contributed by atoms with Gasteiger partial charge in [-0.05, 0) is 55.4 Å². The number of nitriles is 3. The Morgan fingerprint density at radius 2 is 1.85 bits per heavy atom. The van der Waals surface area contributed by atoms with E-state index in [4.69, 9.17) is 19.6 Å². The topological polar surface area (TPSA) is 123 Å². The molecule has 2 heterocycles. The Morgan fingerprint density at radius 1 is 1.18 bits per heavy atom. The first kappa shape index (κ1) is 22.6. The molecule has 4 rings (SSSR count). The normalized spacial score (nSPS) is 34.1. The van der Waals surface area contributed by atoms with Gasteiger partial charge < -0.3 is 14.2 Å². The van der Waals surface area contributed by atoms with Crippen molar-refractivity contribution < 1.29 is 14.2 Å². The van der Waals surface area contributed by atoms with E-state index in [0.29, 0.717) is 23.7 Å². The van der Waals surface area contributed by atoms with Gasteiger partial charge in [-0.2, -0.15) is 15.8 Å². The summed E-state index contributed by atoms with van der Waals surface area (Å²) in [6, 6.07) is 13.4. The standard InChI is InChI=1S/C26H26N4O3/c1-16(2)17-5-7-19(8-6-17)22-25(13-27,14-28)26(15-29)21(24(3,32-22)33-23(26)30)18-9-11-20(31-4)12-10-18/h7,9-12,17,21-22,30H,1,5-6,8H2,2-4H3. The number of ether oxygens (including phenoxy) is 3. The van der Waals surface area contributed by atoms with Crippen LogP contribution >= 0.6 is 0 Å². The average Bonchev–Trinajstić information content (AvgIpc) is 3.01.